The summed E-state index contributed by atoms with van der Waals surface area (Å²) in [6.07, 6.45) is 5.35. The first kappa shape index (κ1) is 16.5. The Labute approximate surface area is 130 Å². The van der Waals surface area contributed by atoms with Gasteiger partial charge in [0.15, 0.2) is 0 Å². The molecule has 1 aliphatic rings. The molecule has 0 aromatic heterocycles. The second-order valence-electron chi connectivity index (χ2n) is 6.84. The van der Waals surface area contributed by atoms with Gasteiger partial charge in [-0.05, 0) is 70.3 Å². The number of rotatable bonds is 7. The number of nitrogens with one attached hydrogen (secondary N) is 1. The van der Waals surface area contributed by atoms with Crippen molar-refractivity contribution in [3.63, 3.8) is 0 Å². The lowest BCUT2D eigenvalue weighted by Crippen LogP contribution is -2.42. The highest BCUT2D eigenvalue weighted by Gasteiger charge is 2.25. The van der Waals surface area contributed by atoms with Crippen LogP contribution >= 0.6 is 0 Å². The van der Waals surface area contributed by atoms with Crippen molar-refractivity contribution >= 4 is 0 Å². The first-order chi connectivity index (χ1) is 10.0. The summed E-state index contributed by atoms with van der Waals surface area (Å²) < 4.78 is 0. The van der Waals surface area contributed by atoms with Crippen LogP contribution in [-0.2, 0) is 0 Å². The highest BCUT2D eigenvalue weighted by Crippen LogP contribution is 2.28. The Kier molecular flexibility index (Phi) is 5.83. The van der Waals surface area contributed by atoms with Gasteiger partial charge in [0, 0.05) is 18.6 Å². The van der Waals surface area contributed by atoms with Gasteiger partial charge in [0.1, 0.15) is 0 Å². The summed E-state index contributed by atoms with van der Waals surface area (Å²) >= 11 is 0. The van der Waals surface area contributed by atoms with E-state index in [4.69, 9.17) is 0 Å². The number of likely N-dealkylation sites (N-methyl/N-ethyl adjacent to an activating group) is 1. The standard InChI is InChI=1S/C19H32N2/c1-6-10-20-18(13-21(5)17-8-7-9-17)19-15(3)11-14(2)12-16(19)4/h11-12,17-18,20H,6-10,13H2,1-5H3. The molecule has 1 aromatic rings. The molecular formula is C19H32N2. The Morgan fingerprint density at radius 1 is 1.19 bits per heavy atom. The zero-order valence-corrected chi connectivity index (χ0v) is 14.5. The summed E-state index contributed by atoms with van der Waals surface area (Å²) in [5.74, 6) is 0. The minimum Gasteiger partial charge on any atom is -0.309 e. The number of hydrogen-bond acceptors (Lipinski definition) is 2. The first-order valence-corrected chi connectivity index (χ1v) is 8.54. The van der Waals surface area contributed by atoms with Crippen molar-refractivity contribution in [3.8, 4) is 0 Å². The third kappa shape index (κ3) is 4.08. The molecule has 1 atom stereocenters. The minimum absolute atomic E-state index is 0.455. The highest BCUT2D eigenvalue weighted by atomic mass is 15.2. The molecule has 21 heavy (non-hydrogen) atoms. The number of nitrogens with zero attached hydrogens (tertiary/aromatic N) is 1. The van der Waals surface area contributed by atoms with E-state index in [2.05, 4.69) is 57.1 Å². The maximum atomic E-state index is 3.78. The van der Waals surface area contributed by atoms with Gasteiger partial charge in [0.05, 0.1) is 0 Å². The molecule has 2 rings (SSSR count). The summed E-state index contributed by atoms with van der Waals surface area (Å²) in [6, 6.07) is 5.91. The van der Waals surface area contributed by atoms with Crippen LogP contribution in [0.3, 0.4) is 0 Å². The summed E-state index contributed by atoms with van der Waals surface area (Å²) in [5.41, 5.74) is 5.75. The lowest BCUT2D eigenvalue weighted by atomic mass is 9.89. The van der Waals surface area contributed by atoms with Gasteiger partial charge >= 0.3 is 0 Å². The number of benzene rings is 1. The second-order valence-corrected chi connectivity index (χ2v) is 6.84. The maximum Gasteiger partial charge on any atom is 0.0454 e. The van der Waals surface area contributed by atoms with Gasteiger partial charge < -0.3 is 10.2 Å². The Bertz CT molecular complexity index is 440. The van der Waals surface area contributed by atoms with Gasteiger partial charge in [-0.1, -0.05) is 31.0 Å². The van der Waals surface area contributed by atoms with Crippen LogP contribution in [0.5, 0.6) is 0 Å². The predicted octanol–water partition coefficient (Wildman–Crippen LogP) is 4.14. The first-order valence-electron chi connectivity index (χ1n) is 8.54. The normalized spacial score (nSPS) is 17.0. The zero-order chi connectivity index (χ0) is 15.4. The van der Waals surface area contributed by atoms with Crippen LogP contribution in [0, 0.1) is 20.8 Å². The largest absolute Gasteiger partial charge is 0.309 e. The van der Waals surface area contributed by atoms with E-state index in [0.717, 1.165) is 19.1 Å². The van der Waals surface area contributed by atoms with E-state index in [-0.39, 0.29) is 0 Å². The molecule has 1 aliphatic carbocycles. The van der Waals surface area contributed by atoms with Crippen molar-refractivity contribution in [3.05, 3.63) is 34.4 Å². The Balaban J connectivity index is 2.18. The molecular weight excluding hydrogens is 256 g/mol. The highest BCUT2D eigenvalue weighted by molar-refractivity contribution is 5.40. The molecule has 0 radical (unpaired) electrons. The molecule has 0 aliphatic heterocycles. The van der Waals surface area contributed by atoms with E-state index >= 15 is 0 Å². The maximum absolute atomic E-state index is 3.78. The molecule has 1 fully saturated rings. The van der Waals surface area contributed by atoms with Gasteiger partial charge in [0.25, 0.3) is 0 Å². The molecule has 1 saturated carbocycles. The zero-order valence-electron chi connectivity index (χ0n) is 14.5. The second kappa shape index (κ2) is 7.42. The predicted molar refractivity (Wildman–Crippen MR) is 92.0 cm³/mol. The molecule has 0 saturated heterocycles. The average molecular weight is 288 g/mol. The van der Waals surface area contributed by atoms with E-state index < -0.39 is 0 Å². The molecule has 1 unspecified atom stereocenters. The van der Waals surface area contributed by atoms with Crippen LogP contribution in [0.2, 0.25) is 0 Å². The van der Waals surface area contributed by atoms with Gasteiger partial charge in [-0.3, -0.25) is 0 Å². The quantitative estimate of drug-likeness (QED) is 0.811. The van der Waals surface area contributed by atoms with E-state index in [1.165, 1.54) is 47.9 Å². The molecule has 0 heterocycles. The minimum atomic E-state index is 0.455. The van der Waals surface area contributed by atoms with Gasteiger partial charge in [-0.15, -0.1) is 0 Å². The molecule has 0 bridgehead atoms. The Morgan fingerprint density at radius 2 is 1.81 bits per heavy atom. The molecule has 0 spiro atoms. The monoisotopic (exact) mass is 288 g/mol. The summed E-state index contributed by atoms with van der Waals surface area (Å²) in [4.78, 5) is 2.57. The number of hydrogen-bond donors (Lipinski definition) is 1. The van der Waals surface area contributed by atoms with E-state index in [9.17, 15) is 0 Å². The van der Waals surface area contributed by atoms with E-state index in [1.54, 1.807) is 0 Å². The topological polar surface area (TPSA) is 15.3 Å². The Hall–Kier alpha value is -0.860. The van der Waals surface area contributed by atoms with Crippen LogP contribution in [0.1, 0.15) is 60.9 Å². The van der Waals surface area contributed by atoms with Crippen molar-refractivity contribution in [2.75, 3.05) is 20.1 Å². The van der Waals surface area contributed by atoms with Crippen LogP contribution in [0.25, 0.3) is 0 Å². The summed E-state index contributed by atoms with van der Waals surface area (Å²) in [6.45, 7) is 11.2. The molecule has 1 N–H and O–H groups in total. The fourth-order valence-electron chi connectivity index (χ4n) is 3.58. The van der Waals surface area contributed by atoms with E-state index in [1.807, 2.05) is 0 Å². The lowest BCUT2D eigenvalue weighted by molar-refractivity contribution is 0.145. The number of aryl methyl sites for hydroxylation is 3. The van der Waals surface area contributed by atoms with Gasteiger partial charge in [0.2, 0.25) is 0 Å². The average Bonchev–Trinajstić information content (AvgIpc) is 2.32. The van der Waals surface area contributed by atoms with Gasteiger partial charge in [-0.25, -0.2) is 0 Å². The van der Waals surface area contributed by atoms with E-state index in [0.29, 0.717) is 6.04 Å². The molecule has 0 amide bonds. The van der Waals surface area contributed by atoms with Crippen LogP contribution in [0.15, 0.2) is 12.1 Å². The molecule has 118 valence electrons. The molecule has 1 aromatic carbocycles. The third-order valence-corrected chi connectivity index (χ3v) is 4.90. The van der Waals surface area contributed by atoms with Crippen molar-refractivity contribution < 1.29 is 0 Å². The van der Waals surface area contributed by atoms with Crippen LogP contribution in [0.4, 0.5) is 0 Å². The lowest BCUT2D eigenvalue weighted by Gasteiger charge is -2.37. The Morgan fingerprint density at radius 3 is 2.29 bits per heavy atom. The SMILES string of the molecule is CCCNC(CN(C)C1CCC1)c1c(C)cc(C)cc1C. The van der Waals surface area contributed by atoms with Crippen LogP contribution in [-0.4, -0.2) is 31.1 Å². The summed E-state index contributed by atoms with van der Waals surface area (Å²) in [7, 11) is 2.29. The van der Waals surface area contributed by atoms with Crippen molar-refractivity contribution in [1.82, 2.24) is 10.2 Å². The van der Waals surface area contributed by atoms with Crippen LogP contribution < -0.4 is 5.32 Å². The van der Waals surface area contributed by atoms with Crippen molar-refractivity contribution in [1.29, 1.82) is 0 Å². The van der Waals surface area contributed by atoms with Gasteiger partial charge in [-0.2, -0.15) is 0 Å². The van der Waals surface area contributed by atoms with Crippen molar-refractivity contribution in [2.24, 2.45) is 0 Å². The molecule has 2 heteroatoms. The smallest absolute Gasteiger partial charge is 0.0454 e. The molecule has 2 nitrogen and oxygen atoms in total. The van der Waals surface area contributed by atoms with Crippen molar-refractivity contribution in [2.45, 2.75) is 65.5 Å². The fraction of sp³-hybridized carbons (Fsp3) is 0.684. The summed E-state index contributed by atoms with van der Waals surface area (Å²) in [5, 5.41) is 3.78. The third-order valence-electron chi connectivity index (χ3n) is 4.90. The fourth-order valence-corrected chi connectivity index (χ4v) is 3.58.